The predicted molar refractivity (Wildman–Crippen MR) is 79.6 cm³/mol. The molecule has 1 aliphatic rings. The van der Waals surface area contributed by atoms with Crippen molar-refractivity contribution in [3.05, 3.63) is 29.3 Å². The van der Waals surface area contributed by atoms with E-state index < -0.39 is 0 Å². The molecule has 0 saturated carbocycles. The van der Waals surface area contributed by atoms with Gasteiger partial charge in [0.25, 0.3) is 0 Å². The Hall–Kier alpha value is -1.17. The average molecular weight is 280 g/mol. The average Bonchev–Trinajstić information content (AvgIpc) is 2.67. The molecule has 0 atom stereocenters. The fourth-order valence-corrected chi connectivity index (χ4v) is 2.42. The highest BCUT2D eigenvalue weighted by atomic mass is 32.1. The van der Waals surface area contributed by atoms with Gasteiger partial charge in [0.05, 0.1) is 19.3 Å². The fraction of sp³-hybridized carbons (Fsp3) is 0.500. The van der Waals surface area contributed by atoms with Crippen molar-refractivity contribution in [3.8, 4) is 5.75 Å². The lowest BCUT2D eigenvalue weighted by Crippen LogP contribution is -2.26. The normalized spacial score (nSPS) is 16.9. The second-order valence-electron chi connectivity index (χ2n) is 4.64. The molecule has 1 saturated heterocycles. The summed E-state index contributed by atoms with van der Waals surface area (Å²) in [5.74, 6) is 0.732. The first-order chi connectivity index (χ1) is 9.20. The van der Waals surface area contributed by atoms with Gasteiger partial charge in [0, 0.05) is 26.2 Å². The Bertz CT molecular complexity index is 443. The molecule has 19 heavy (non-hydrogen) atoms. The van der Waals surface area contributed by atoms with Gasteiger partial charge in [-0.25, -0.2) is 0 Å². The topological polar surface area (TPSA) is 47.7 Å². The maximum atomic E-state index is 5.74. The minimum absolute atomic E-state index is 0.373. The predicted octanol–water partition coefficient (Wildman–Crippen LogP) is 1.55. The standard InChI is InChI=1S/C14H20N2O2S/c1-17-13-4-3-11(9-12(13)14(15)19)10-16-5-2-7-18-8-6-16/h3-4,9H,2,5-8,10H2,1H3,(H2,15,19). The van der Waals surface area contributed by atoms with Crippen LogP contribution >= 0.6 is 12.2 Å². The zero-order valence-corrected chi connectivity index (χ0v) is 12.0. The van der Waals surface area contributed by atoms with Gasteiger partial charge >= 0.3 is 0 Å². The van der Waals surface area contributed by atoms with Crippen LogP contribution in [0.4, 0.5) is 0 Å². The molecule has 1 aliphatic heterocycles. The summed E-state index contributed by atoms with van der Waals surface area (Å²) < 4.78 is 10.7. The van der Waals surface area contributed by atoms with E-state index in [1.807, 2.05) is 12.1 Å². The number of hydrogen-bond acceptors (Lipinski definition) is 4. The van der Waals surface area contributed by atoms with Crippen LogP contribution in [0.2, 0.25) is 0 Å². The molecule has 0 aromatic heterocycles. The molecule has 1 aromatic rings. The summed E-state index contributed by atoms with van der Waals surface area (Å²) in [4.78, 5) is 2.76. The Labute approximate surface area is 119 Å². The number of methoxy groups -OCH3 is 1. The fourth-order valence-electron chi connectivity index (χ4n) is 2.26. The van der Waals surface area contributed by atoms with Crippen molar-refractivity contribution in [2.45, 2.75) is 13.0 Å². The van der Waals surface area contributed by atoms with E-state index in [4.69, 9.17) is 27.4 Å². The molecule has 0 bridgehead atoms. The monoisotopic (exact) mass is 280 g/mol. The summed E-state index contributed by atoms with van der Waals surface area (Å²) in [6.45, 7) is 4.58. The number of nitrogens with two attached hydrogens (primary N) is 1. The molecule has 0 spiro atoms. The molecule has 1 fully saturated rings. The van der Waals surface area contributed by atoms with E-state index in [2.05, 4.69) is 11.0 Å². The van der Waals surface area contributed by atoms with E-state index in [1.54, 1.807) is 7.11 Å². The summed E-state index contributed by atoms with van der Waals surface area (Å²) >= 11 is 5.07. The van der Waals surface area contributed by atoms with Crippen molar-refractivity contribution in [2.24, 2.45) is 5.73 Å². The largest absolute Gasteiger partial charge is 0.496 e. The second-order valence-corrected chi connectivity index (χ2v) is 5.08. The van der Waals surface area contributed by atoms with Crippen LogP contribution in [0.15, 0.2) is 18.2 Å². The minimum atomic E-state index is 0.373. The van der Waals surface area contributed by atoms with Crippen LogP contribution in [0.3, 0.4) is 0 Å². The summed E-state index contributed by atoms with van der Waals surface area (Å²) in [7, 11) is 1.63. The number of nitrogens with zero attached hydrogens (tertiary/aromatic N) is 1. The number of benzene rings is 1. The van der Waals surface area contributed by atoms with Gasteiger partial charge in [0.1, 0.15) is 10.7 Å². The summed E-state index contributed by atoms with van der Waals surface area (Å²) in [6.07, 6.45) is 1.08. The van der Waals surface area contributed by atoms with Crippen molar-refractivity contribution >= 4 is 17.2 Å². The van der Waals surface area contributed by atoms with Gasteiger partial charge in [-0.05, 0) is 24.1 Å². The first kappa shape index (κ1) is 14.2. The number of rotatable bonds is 4. The van der Waals surface area contributed by atoms with Gasteiger partial charge in [0.2, 0.25) is 0 Å². The molecule has 1 aromatic carbocycles. The highest BCUT2D eigenvalue weighted by molar-refractivity contribution is 7.80. The Morgan fingerprint density at radius 1 is 1.42 bits per heavy atom. The third kappa shape index (κ3) is 3.89. The molecule has 1 heterocycles. The maximum absolute atomic E-state index is 5.74. The molecule has 4 nitrogen and oxygen atoms in total. The van der Waals surface area contributed by atoms with Gasteiger partial charge in [-0.2, -0.15) is 0 Å². The third-order valence-electron chi connectivity index (χ3n) is 3.25. The van der Waals surface area contributed by atoms with E-state index in [0.717, 1.165) is 50.6 Å². The molecule has 0 radical (unpaired) electrons. The molecule has 5 heteroatoms. The van der Waals surface area contributed by atoms with E-state index in [-0.39, 0.29) is 0 Å². The zero-order chi connectivity index (χ0) is 13.7. The van der Waals surface area contributed by atoms with Crippen LogP contribution in [0.1, 0.15) is 17.5 Å². The van der Waals surface area contributed by atoms with Crippen LogP contribution in [0.5, 0.6) is 5.75 Å². The lowest BCUT2D eigenvalue weighted by molar-refractivity contribution is 0.140. The van der Waals surface area contributed by atoms with Gasteiger partial charge in [-0.15, -0.1) is 0 Å². The lowest BCUT2D eigenvalue weighted by Gasteiger charge is -2.19. The molecular formula is C14H20N2O2S. The van der Waals surface area contributed by atoms with Crippen LogP contribution in [0, 0.1) is 0 Å². The smallest absolute Gasteiger partial charge is 0.129 e. The second kappa shape index (κ2) is 6.84. The third-order valence-corrected chi connectivity index (χ3v) is 3.47. The molecule has 2 N–H and O–H groups in total. The van der Waals surface area contributed by atoms with E-state index in [0.29, 0.717) is 4.99 Å². The van der Waals surface area contributed by atoms with Gasteiger partial charge in [0.15, 0.2) is 0 Å². The van der Waals surface area contributed by atoms with Crippen LogP contribution in [-0.4, -0.2) is 43.3 Å². The van der Waals surface area contributed by atoms with E-state index >= 15 is 0 Å². The van der Waals surface area contributed by atoms with Gasteiger partial charge in [-0.1, -0.05) is 18.3 Å². The minimum Gasteiger partial charge on any atom is -0.496 e. The van der Waals surface area contributed by atoms with Crippen molar-refractivity contribution in [1.29, 1.82) is 0 Å². The summed E-state index contributed by atoms with van der Waals surface area (Å²) in [6, 6.07) is 6.01. The van der Waals surface area contributed by atoms with Crippen molar-refractivity contribution in [3.63, 3.8) is 0 Å². The quantitative estimate of drug-likeness (QED) is 0.848. The van der Waals surface area contributed by atoms with Crippen molar-refractivity contribution in [1.82, 2.24) is 4.90 Å². The molecule has 104 valence electrons. The van der Waals surface area contributed by atoms with Crippen LogP contribution < -0.4 is 10.5 Å². The Morgan fingerprint density at radius 2 is 2.26 bits per heavy atom. The van der Waals surface area contributed by atoms with Gasteiger partial charge < -0.3 is 15.2 Å². The van der Waals surface area contributed by atoms with Crippen LogP contribution in [0.25, 0.3) is 0 Å². The first-order valence-electron chi connectivity index (χ1n) is 6.47. The summed E-state index contributed by atoms with van der Waals surface area (Å²) in [5.41, 5.74) is 7.74. The highest BCUT2D eigenvalue weighted by Crippen LogP contribution is 2.21. The van der Waals surface area contributed by atoms with Crippen molar-refractivity contribution < 1.29 is 9.47 Å². The van der Waals surface area contributed by atoms with E-state index in [1.165, 1.54) is 5.56 Å². The molecule has 0 aliphatic carbocycles. The SMILES string of the molecule is COc1ccc(CN2CCCOCC2)cc1C(N)=S. The molecule has 0 unspecified atom stereocenters. The van der Waals surface area contributed by atoms with Crippen LogP contribution in [-0.2, 0) is 11.3 Å². The highest BCUT2D eigenvalue weighted by Gasteiger charge is 2.12. The molecular weight excluding hydrogens is 260 g/mol. The first-order valence-corrected chi connectivity index (χ1v) is 6.88. The molecule has 2 rings (SSSR count). The number of thiocarbonyl (C=S) groups is 1. The van der Waals surface area contributed by atoms with E-state index in [9.17, 15) is 0 Å². The maximum Gasteiger partial charge on any atom is 0.129 e. The Kier molecular flexibility index (Phi) is 5.13. The Balaban J connectivity index is 2.11. The lowest BCUT2D eigenvalue weighted by atomic mass is 10.1. The summed E-state index contributed by atoms with van der Waals surface area (Å²) in [5, 5.41) is 0. The number of ether oxygens (including phenoxy) is 2. The number of hydrogen-bond donors (Lipinski definition) is 1. The van der Waals surface area contributed by atoms with Gasteiger partial charge in [-0.3, -0.25) is 4.90 Å². The zero-order valence-electron chi connectivity index (χ0n) is 11.2. The Morgan fingerprint density at radius 3 is 3.00 bits per heavy atom. The van der Waals surface area contributed by atoms with Crippen molar-refractivity contribution in [2.75, 3.05) is 33.4 Å². The molecule has 0 amide bonds.